The summed E-state index contributed by atoms with van der Waals surface area (Å²) in [4.78, 5) is 0. The third kappa shape index (κ3) is 13.3. The highest BCUT2D eigenvalue weighted by Crippen LogP contribution is 2.47. The number of hydrogen-bond donors (Lipinski definition) is 0. The molecule has 0 amide bonds. The molecule has 6 nitrogen and oxygen atoms in total. The smallest absolute Gasteiger partial charge is 0.0641 e. The number of hydrogen-bond acceptors (Lipinski definition) is 0. The van der Waals surface area contributed by atoms with Crippen molar-refractivity contribution in [1.82, 2.24) is 27.4 Å². The van der Waals surface area contributed by atoms with Crippen LogP contribution in [0.25, 0.3) is 242 Å². The maximum Gasteiger partial charge on any atom is 0.0641 e. The van der Waals surface area contributed by atoms with Crippen molar-refractivity contribution in [2.24, 2.45) is 0 Å². The predicted octanol–water partition coefficient (Wildman–Crippen LogP) is 34.8. The summed E-state index contributed by atoms with van der Waals surface area (Å²) >= 11 is 0. The van der Waals surface area contributed by atoms with Gasteiger partial charge in [-0.1, -0.05) is 388 Å². The second kappa shape index (κ2) is 33.1. The van der Waals surface area contributed by atoms with E-state index < -0.39 is 0 Å². The van der Waals surface area contributed by atoms with Crippen LogP contribution in [0.5, 0.6) is 0 Å². The van der Waals surface area contributed by atoms with Crippen LogP contribution in [-0.2, 0) is 0 Å². The molecule has 22 aromatic carbocycles. The van der Waals surface area contributed by atoms with E-state index in [4.69, 9.17) is 0 Å². The van der Waals surface area contributed by atoms with Crippen LogP contribution in [0.2, 0.25) is 0 Å². The summed E-state index contributed by atoms with van der Waals surface area (Å²) in [5.74, 6) is 0. The van der Waals surface area contributed by atoms with Gasteiger partial charge in [-0.25, -0.2) is 0 Å². The molecule has 28 rings (SSSR count). The van der Waals surface area contributed by atoms with Crippen molar-refractivity contribution < 1.29 is 0 Å². The predicted molar refractivity (Wildman–Crippen MR) is 575 cm³/mol. The van der Waals surface area contributed by atoms with Crippen LogP contribution in [0.1, 0.15) is 0 Å². The second-order valence-corrected chi connectivity index (χ2v) is 35.4. The zero-order valence-corrected chi connectivity index (χ0v) is 74.3. The van der Waals surface area contributed by atoms with Crippen LogP contribution in [0, 0.1) is 0 Å². The first-order valence-corrected chi connectivity index (χ1v) is 46.8. The van der Waals surface area contributed by atoms with Gasteiger partial charge in [0.15, 0.2) is 0 Å². The largest absolute Gasteiger partial charge is 0.309 e. The Morgan fingerprint density at radius 1 is 0.110 bits per heavy atom. The molecule has 636 valence electrons. The Morgan fingerprint density at radius 2 is 0.346 bits per heavy atom. The first-order valence-electron chi connectivity index (χ1n) is 46.8. The minimum absolute atomic E-state index is 1.15. The van der Waals surface area contributed by atoms with Gasteiger partial charge < -0.3 is 27.4 Å². The molecule has 28 aromatic rings. The van der Waals surface area contributed by atoms with E-state index in [0.717, 1.165) is 28.4 Å². The topological polar surface area (TPSA) is 29.6 Å². The molecule has 0 atom stereocenters. The molecule has 6 heterocycles. The van der Waals surface area contributed by atoms with Gasteiger partial charge in [-0.3, -0.25) is 0 Å². The van der Waals surface area contributed by atoms with Gasteiger partial charge in [0.1, 0.15) is 0 Å². The van der Waals surface area contributed by atoms with Gasteiger partial charge in [-0.05, 0) is 211 Å². The highest BCUT2D eigenvalue weighted by molar-refractivity contribution is 6.28. The van der Waals surface area contributed by atoms with Gasteiger partial charge in [0.05, 0.1) is 66.2 Å². The van der Waals surface area contributed by atoms with E-state index in [2.05, 4.69) is 549 Å². The van der Waals surface area contributed by atoms with Gasteiger partial charge in [0.2, 0.25) is 0 Å². The van der Waals surface area contributed by atoms with Crippen LogP contribution in [-0.4, -0.2) is 27.4 Å². The Kier molecular flexibility index (Phi) is 19.2. The molecular formula is C130H86N6. The highest BCUT2D eigenvalue weighted by Gasteiger charge is 2.26. The Hall–Kier alpha value is -18.1. The van der Waals surface area contributed by atoms with E-state index in [1.54, 1.807) is 0 Å². The lowest BCUT2D eigenvalue weighted by Gasteiger charge is -2.12. The Balaban J connectivity index is 0.000000106. The summed E-state index contributed by atoms with van der Waals surface area (Å²) in [5, 5.41) is 17.7. The van der Waals surface area contributed by atoms with Crippen LogP contribution in [0.15, 0.2) is 522 Å². The van der Waals surface area contributed by atoms with Crippen molar-refractivity contribution in [2.75, 3.05) is 0 Å². The van der Waals surface area contributed by atoms with Gasteiger partial charge in [-0.2, -0.15) is 0 Å². The lowest BCUT2D eigenvalue weighted by atomic mass is 9.98. The molecule has 0 bridgehead atoms. The van der Waals surface area contributed by atoms with E-state index in [9.17, 15) is 0 Å². The molecule has 0 N–H and O–H groups in total. The third-order valence-corrected chi connectivity index (χ3v) is 27.8. The molecule has 0 aliphatic rings. The zero-order valence-electron chi connectivity index (χ0n) is 74.3. The summed E-state index contributed by atoms with van der Waals surface area (Å²) in [6, 6.07) is 189. The number of aromatic nitrogens is 6. The number of para-hydroxylation sites is 7. The van der Waals surface area contributed by atoms with Gasteiger partial charge >= 0.3 is 0 Å². The van der Waals surface area contributed by atoms with Crippen LogP contribution < -0.4 is 0 Å². The van der Waals surface area contributed by atoms with E-state index in [1.165, 1.54) is 214 Å². The van der Waals surface area contributed by atoms with Gasteiger partial charge in [0.25, 0.3) is 0 Å². The average Bonchev–Trinajstić information content (AvgIpc) is 1.57. The van der Waals surface area contributed by atoms with Crippen molar-refractivity contribution >= 4 is 142 Å². The lowest BCUT2D eigenvalue weighted by Crippen LogP contribution is -1.96. The maximum absolute atomic E-state index is 2.46. The first-order chi connectivity index (χ1) is 67.5. The summed E-state index contributed by atoms with van der Waals surface area (Å²) < 4.78 is 14.6. The van der Waals surface area contributed by atoms with Crippen molar-refractivity contribution in [2.45, 2.75) is 0 Å². The summed E-state index contributed by atoms with van der Waals surface area (Å²) in [7, 11) is 0. The second-order valence-electron chi connectivity index (χ2n) is 35.4. The molecule has 0 aliphatic carbocycles. The van der Waals surface area contributed by atoms with E-state index in [-0.39, 0.29) is 0 Å². The van der Waals surface area contributed by atoms with Crippen molar-refractivity contribution in [3.63, 3.8) is 0 Å². The Labute approximate surface area is 786 Å². The fourth-order valence-electron chi connectivity index (χ4n) is 21.5. The number of benzene rings is 22. The molecule has 6 heteroatoms. The Morgan fingerprint density at radius 3 is 0.699 bits per heavy atom. The lowest BCUT2D eigenvalue weighted by molar-refractivity contribution is 1.16. The summed E-state index contributed by atoms with van der Waals surface area (Å²) in [6.45, 7) is 0. The zero-order chi connectivity index (χ0) is 89.7. The maximum atomic E-state index is 2.46. The van der Waals surface area contributed by atoms with E-state index in [1.807, 2.05) is 0 Å². The Bertz CT molecular complexity index is 9260. The molecule has 6 aromatic heterocycles. The SMILES string of the molecule is c1ccc(-c2ccc(-c3ccc(-n4c5ccccc5c5c4ccc4c6ccccc6n(-c6ccccc6)c45)cc3)cc2)cc1.c1ccc(-c2ccc(-n3c4ccccc4c4cc5c6ccccc6n(-c6ccc(-c7ccccc7)cc6)c5cc43)cc2)cc1.c1ccc(-c2ccc(-n3c4ccccc4c4ccc5c(c6ccccc6n5-c5ccc(-c6cccc7ccccc67)cc5)c43)cc2)cc1. The average molecular weight is 1730 g/mol. The summed E-state index contributed by atoms with van der Waals surface area (Å²) in [5.41, 5.74) is 36.2. The fourth-order valence-corrected chi connectivity index (χ4v) is 21.5. The molecule has 0 radical (unpaired) electrons. The molecule has 136 heavy (non-hydrogen) atoms. The fraction of sp³-hybridized carbons (Fsp3) is 0. The van der Waals surface area contributed by atoms with Crippen molar-refractivity contribution in [3.05, 3.63) is 522 Å². The molecule has 0 fully saturated rings. The van der Waals surface area contributed by atoms with Crippen LogP contribution in [0.4, 0.5) is 0 Å². The molecule has 0 unspecified atom stereocenters. The minimum atomic E-state index is 1.15. The quantitative estimate of drug-likeness (QED) is 0.117. The van der Waals surface area contributed by atoms with Crippen molar-refractivity contribution in [3.8, 4) is 101 Å². The van der Waals surface area contributed by atoms with E-state index >= 15 is 0 Å². The molecular weight excluding hydrogens is 1650 g/mol. The third-order valence-electron chi connectivity index (χ3n) is 27.8. The molecule has 0 saturated heterocycles. The van der Waals surface area contributed by atoms with Gasteiger partial charge in [0, 0.05) is 98.8 Å². The van der Waals surface area contributed by atoms with E-state index in [0.29, 0.717) is 0 Å². The first kappa shape index (κ1) is 78.9. The molecule has 0 saturated carbocycles. The minimum Gasteiger partial charge on any atom is -0.309 e. The highest BCUT2D eigenvalue weighted by atomic mass is 15.0. The summed E-state index contributed by atoms with van der Waals surface area (Å²) in [6.07, 6.45) is 0. The standard InChI is InChI=1S/C46H30N2.2C42H28N2/c1-2-11-31(12-3-1)32-21-25-36(26-22-32)48-42-19-8-6-16-39(42)40-29-30-44-45(46(40)48)41-17-7-9-20-43(41)47(44)35-27-23-34(24-28-35)38-18-10-14-33-13-4-5-15-37(33)38;1-3-11-29(12-4-1)31-19-23-33(24-20-31)43-39-17-9-7-15-35(39)37-27-38-36-16-8-10-18-40(36)44(42(38)28-41(37)43)34-25-21-32(22-26-34)30-13-5-2-6-14-30;1-3-11-29(12-4-1)30-19-21-31(22-20-30)32-23-25-34(26-24-32)43-39-18-10-8-16-37(39)41-40(43)28-27-36-35-15-7-9-17-38(35)44(42(36)41)33-13-5-2-6-14-33/h1-30H;2*1-28H. The molecule has 0 aliphatic heterocycles. The monoisotopic (exact) mass is 1730 g/mol. The van der Waals surface area contributed by atoms with Crippen LogP contribution in [0.3, 0.4) is 0 Å². The number of fused-ring (bicyclic) bond motifs is 21. The van der Waals surface area contributed by atoms with Gasteiger partial charge in [-0.15, -0.1) is 0 Å². The molecule has 0 spiro atoms. The number of nitrogens with zero attached hydrogens (tertiary/aromatic N) is 6. The normalized spacial score (nSPS) is 11.7. The van der Waals surface area contributed by atoms with Crippen molar-refractivity contribution in [1.29, 1.82) is 0 Å². The number of rotatable bonds is 12. The van der Waals surface area contributed by atoms with Crippen LogP contribution >= 0.6 is 0 Å².